The van der Waals surface area contributed by atoms with Gasteiger partial charge in [0, 0.05) is 51.7 Å². The average molecular weight is 585 g/mol. The van der Waals surface area contributed by atoms with E-state index in [2.05, 4.69) is 10.6 Å². The van der Waals surface area contributed by atoms with E-state index < -0.39 is 5.60 Å². The number of anilines is 2. The van der Waals surface area contributed by atoms with Crippen molar-refractivity contribution in [3.8, 4) is 5.75 Å². The van der Waals surface area contributed by atoms with Gasteiger partial charge >= 0.3 is 0 Å². The molecule has 4 aliphatic rings. The number of carbonyl (C=O) groups excluding carboxylic acids is 3. The third-order valence-electron chi connectivity index (χ3n) is 9.00. The van der Waals surface area contributed by atoms with Crippen LogP contribution in [0.2, 0.25) is 0 Å². The first-order chi connectivity index (χ1) is 20.2. The van der Waals surface area contributed by atoms with Crippen molar-refractivity contribution in [3.63, 3.8) is 0 Å². The van der Waals surface area contributed by atoms with Gasteiger partial charge in [-0.15, -0.1) is 0 Å². The molecule has 3 fully saturated rings. The molecule has 1 saturated heterocycles. The van der Waals surface area contributed by atoms with Crippen LogP contribution in [-0.4, -0.2) is 81.5 Å². The monoisotopic (exact) mass is 584 g/mol. The van der Waals surface area contributed by atoms with E-state index in [0.29, 0.717) is 57.1 Å². The zero-order valence-corrected chi connectivity index (χ0v) is 25.7. The predicted octanol–water partition coefficient (Wildman–Crippen LogP) is 3.41. The number of hydrogen-bond donors (Lipinski definition) is 2. The van der Waals surface area contributed by atoms with Gasteiger partial charge in [0.1, 0.15) is 5.75 Å². The predicted molar refractivity (Wildman–Crippen MR) is 161 cm³/mol. The van der Waals surface area contributed by atoms with Crippen LogP contribution in [0.15, 0.2) is 18.2 Å². The molecule has 0 unspecified atom stereocenters. The number of amides is 3. The number of hydrogen-bond acceptors (Lipinski definition) is 7. The molecule has 2 aliphatic heterocycles. The molecular weight excluding hydrogens is 536 g/mol. The van der Waals surface area contributed by atoms with Gasteiger partial charge in [-0.3, -0.25) is 14.4 Å². The molecule has 5 rings (SSSR count). The molecular formula is C32H48N4O6. The normalized spacial score (nSPS) is 27.1. The van der Waals surface area contributed by atoms with Crippen LogP contribution in [0.25, 0.3) is 0 Å². The van der Waals surface area contributed by atoms with Crippen LogP contribution in [0, 0.1) is 11.8 Å². The fourth-order valence-electron chi connectivity index (χ4n) is 6.65. The van der Waals surface area contributed by atoms with Gasteiger partial charge in [0.2, 0.25) is 11.8 Å². The maximum atomic E-state index is 14.1. The van der Waals surface area contributed by atoms with Gasteiger partial charge in [-0.1, -0.05) is 12.8 Å². The Hall–Kier alpha value is -2.69. The fraction of sp³-hybridized carbons (Fsp3) is 0.719. The van der Waals surface area contributed by atoms with Crippen molar-refractivity contribution in [3.05, 3.63) is 18.2 Å². The van der Waals surface area contributed by atoms with Crippen molar-refractivity contribution >= 4 is 29.1 Å². The number of fused-ring (bicyclic) bond motifs is 1. The third kappa shape index (κ3) is 6.76. The Labute approximate surface area is 249 Å². The molecule has 0 aromatic heterocycles. The van der Waals surface area contributed by atoms with Crippen LogP contribution in [0.4, 0.5) is 11.4 Å². The molecule has 2 heterocycles. The van der Waals surface area contributed by atoms with Gasteiger partial charge in [0.25, 0.3) is 5.91 Å². The van der Waals surface area contributed by atoms with E-state index in [-0.39, 0.29) is 47.7 Å². The van der Waals surface area contributed by atoms with E-state index >= 15 is 0 Å². The largest absolute Gasteiger partial charge is 0.476 e. The standard InChI is InChI=1S/C32H48N4O6/c1-5-41-27-10-7-6-9-25(27)34-29(37)21-17-22(20-33-19-21)30(38)36(23-11-12-23)24-13-14-28-26(18-24)35(15-8-16-40-4)31(39)32(2,3)42-28/h13-14,18,21-23,25,27,33H,5-12,15-17,19-20H2,1-4H3,(H,34,37)/t21-,22+,25+,27+/m0/s1. The number of nitrogens with zero attached hydrogens (tertiary/aromatic N) is 2. The third-order valence-corrected chi connectivity index (χ3v) is 9.00. The summed E-state index contributed by atoms with van der Waals surface area (Å²) in [4.78, 5) is 44.5. The molecule has 3 amide bonds. The molecule has 2 N–H and O–H groups in total. The van der Waals surface area contributed by atoms with Crippen molar-refractivity contribution in [2.75, 3.05) is 49.8 Å². The number of rotatable bonds is 11. The Morgan fingerprint density at radius 1 is 1.14 bits per heavy atom. The second-order valence-corrected chi connectivity index (χ2v) is 12.7. The summed E-state index contributed by atoms with van der Waals surface area (Å²) in [5, 5.41) is 6.62. The Balaban J connectivity index is 1.31. The highest BCUT2D eigenvalue weighted by Crippen LogP contribution is 2.43. The zero-order valence-electron chi connectivity index (χ0n) is 25.7. The Morgan fingerprint density at radius 2 is 1.90 bits per heavy atom. The van der Waals surface area contributed by atoms with E-state index in [1.807, 2.05) is 30.0 Å². The second kappa shape index (κ2) is 13.3. The van der Waals surface area contributed by atoms with Crippen LogP contribution >= 0.6 is 0 Å². The molecule has 4 atom stereocenters. The zero-order chi connectivity index (χ0) is 29.9. The molecule has 1 aromatic carbocycles. The lowest BCUT2D eigenvalue weighted by Crippen LogP contribution is -2.53. The Morgan fingerprint density at radius 3 is 2.64 bits per heavy atom. The number of methoxy groups -OCH3 is 1. The molecule has 10 heteroatoms. The van der Waals surface area contributed by atoms with Gasteiger partial charge in [-0.05, 0) is 77.5 Å². The maximum Gasteiger partial charge on any atom is 0.270 e. The molecule has 232 valence electrons. The minimum atomic E-state index is -0.975. The number of nitrogens with one attached hydrogen (secondary N) is 2. The molecule has 2 saturated carbocycles. The van der Waals surface area contributed by atoms with Gasteiger partial charge in [-0.25, -0.2) is 0 Å². The summed E-state index contributed by atoms with van der Waals surface area (Å²) in [6.45, 7) is 8.35. The summed E-state index contributed by atoms with van der Waals surface area (Å²) in [5.74, 6) is -0.0219. The first-order valence-corrected chi connectivity index (χ1v) is 15.8. The molecule has 42 heavy (non-hydrogen) atoms. The minimum Gasteiger partial charge on any atom is -0.476 e. The highest BCUT2D eigenvalue weighted by Gasteiger charge is 2.43. The maximum absolute atomic E-state index is 14.1. The SMILES string of the molecule is CCO[C@@H]1CCCC[C@H]1NC(=O)[C@@H]1CNC[C@H](C(=O)N(c2ccc3c(c2)N(CCCOC)C(=O)C(C)(C)O3)C2CC2)C1. The van der Waals surface area contributed by atoms with Crippen molar-refractivity contribution < 1.29 is 28.6 Å². The van der Waals surface area contributed by atoms with Gasteiger partial charge < -0.3 is 34.6 Å². The Kier molecular flexibility index (Phi) is 9.74. The highest BCUT2D eigenvalue weighted by atomic mass is 16.5. The summed E-state index contributed by atoms with van der Waals surface area (Å²) < 4.78 is 17.2. The quantitative estimate of drug-likeness (QED) is 0.384. The number of ether oxygens (including phenoxy) is 3. The molecule has 0 spiro atoms. The van der Waals surface area contributed by atoms with Crippen LogP contribution in [0.5, 0.6) is 5.75 Å². The van der Waals surface area contributed by atoms with Gasteiger partial charge in [0.05, 0.1) is 29.7 Å². The van der Waals surface area contributed by atoms with Crippen LogP contribution in [0.3, 0.4) is 0 Å². The van der Waals surface area contributed by atoms with Gasteiger partial charge in [-0.2, -0.15) is 0 Å². The van der Waals surface area contributed by atoms with E-state index in [1.165, 1.54) is 0 Å². The second-order valence-electron chi connectivity index (χ2n) is 12.7. The summed E-state index contributed by atoms with van der Waals surface area (Å²) in [6.07, 6.45) is 7.26. The summed E-state index contributed by atoms with van der Waals surface area (Å²) >= 11 is 0. The van der Waals surface area contributed by atoms with E-state index in [9.17, 15) is 14.4 Å². The lowest BCUT2D eigenvalue weighted by molar-refractivity contribution is -0.132. The van der Waals surface area contributed by atoms with Gasteiger partial charge in [0.15, 0.2) is 5.60 Å². The summed E-state index contributed by atoms with van der Waals surface area (Å²) in [7, 11) is 1.65. The Bertz CT molecular complexity index is 1140. The lowest BCUT2D eigenvalue weighted by atomic mass is 9.87. The van der Waals surface area contributed by atoms with E-state index in [0.717, 1.165) is 44.2 Å². The van der Waals surface area contributed by atoms with Crippen molar-refractivity contribution in [2.24, 2.45) is 11.8 Å². The van der Waals surface area contributed by atoms with Crippen molar-refractivity contribution in [1.82, 2.24) is 10.6 Å². The first-order valence-electron chi connectivity index (χ1n) is 15.8. The smallest absolute Gasteiger partial charge is 0.270 e. The average Bonchev–Trinajstić information content (AvgIpc) is 3.82. The van der Waals surface area contributed by atoms with Crippen LogP contribution in [0.1, 0.15) is 72.1 Å². The molecule has 0 radical (unpaired) electrons. The summed E-state index contributed by atoms with van der Waals surface area (Å²) in [5.41, 5.74) is 0.473. The number of carbonyl (C=O) groups is 3. The number of benzene rings is 1. The summed E-state index contributed by atoms with van der Waals surface area (Å²) in [6, 6.07) is 5.87. The lowest BCUT2D eigenvalue weighted by Gasteiger charge is -2.40. The highest BCUT2D eigenvalue weighted by molar-refractivity contribution is 6.04. The molecule has 0 bridgehead atoms. The van der Waals surface area contributed by atoms with Crippen LogP contribution < -0.4 is 25.2 Å². The molecule has 2 aliphatic carbocycles. The minimum absolute atomic E-state index is 0.00772. The van der Waals surface area contributed by atoms with E-state index in [4.69, 9.17) is 14.2 Å². The first kappa shape index (κ1) is 30.8. The van der Waals surface area contributed by atoms with Crippen LogP contribution in [-0.2, 0) is 23.9 Å². The topological polar surface area (TPSA) is 109 Å². The van der Waals surface area contributed by atoms with E-state index in [1.54, 1.807) is 25.9 Å². The number of piperidine rings is 1. The fourth-order valence-corrected chi connectivity index (χ4v) is 6.65. The van der Waals surface area contributed by atoms with Crippen molar-refractivity contribution in [1.29, 1.82) is 0 Å². The van der Waals surface area contributed by atoms with Crippen molar-refractivity contribution in [2.45, 2.75) is 95.9 Å². The molecule has 10 nitrogen and oxygen atoms in total. The molecule has 1 aromatic rings.